The van der Waals surface area contributed by atoms with E-state index in [0.29, 0.717) is 24.2 Å². The van der Waals surface area contributed by atoms with Crippen LogP contribution < -0.4 is 14.0 Å². The van der Waals surface area contributed by atoms with E-state index in [1.54, 1.807) is 0 Å². The molecule has 1 saturated carbocycles. The highest BCUT2D eigenvalue weighted by Gasteiger charge is 2.31. The van der Waals surface area contributed by atoms with Gasteiger partial charge in [0.25, 0.3) is 0 Å². The van der Waals surface area contributed by atoms with E-state index in [-0.39, 0.29) is 5.75 Å². The molecule has 0 spiro atoms. The Bertz CT molecular complexity index is 904. The molecule has 7 heteroatoms. The third-order valence-electron chi connectivity index (χ3n) is 4.98. The molecule has 6 nitrogen and oxygen atoms in total. The van der Waals surface area contributed by atoms with Crippen molar-refractivity contribution in [1.29, 1.82) is 0 Å². The number of anilines is 1. The number of aryl methyl sites for hydroxylation is 2. The van der Waals surface area contributed by atoms with Gasteiger partial charge in [-0.25, -0.2) is 9.55 Å². The molecule has 2 aromatic rings. The van der Waals surface area contributed by atoms with Crippen molar-refractivity contribution in [2.45, 2.75) is 51.7 Å². The molecule has 0 bridgehead atoms. The summed E-state index contributed by atoms with van der Waals surface area (Å²) in [5, 5.41) is 0. The van der Waals surface area contributed by atoms with Crippen LogP contribution in [-0.2, 0) is 16.6 Å². The maximum atomic E-state index is 12.0. The van der Waals surface area contributed by atoms with E-state index in [1.807, 2.05) is 42.0 Å². The van der Waals surface area contributed by atoms with Crippen molar-refractivity contribution in [2.75, 3.05) is 10.5 Å². The second-order valence-corrected chi connectivity index (χ2v) is 8.94. The fourth-order valence-corrected chi connectivity index (χ4v) is 4.70. The zero-order chi connectivity index (χ0) is 18.1. The Balaban J connectivity index is 1.62. The van der Waals surface area contributed by atoms with Crippen molar-refractivity contribution < 1.29 is 17.7 Å². The minimum absolute atomic E-state index is 0.0850. The monoisotopic (exact) mass is 374 g/mol. The van der Waals surface area contributed by atoms with Gasteiger partial charge in [-0.2, -0.15) is 13.1 Å². The number of aromatic nitrogens is 2. The molecule has 1 aliphatic heterocycles. The van der Waals surface area contributed by atoms with Crippen molar-refractivity contribution in [1.82, 2.24) is 4.98 Å². The van der Waals surface area contributed by atoms with E-state index < -0.39 is 10.0 Å². The maximum Gasteiger partial charge on any atom is 0.316 e. The molecular weight excluding hydrogens is 350 g/mol. The quantitative estimate of drug-likeness (QED) is 0.839. The Labute approximate surface area is 154 Å². The summed E-state index contributed by atoms with van der Waals surface area (Å²) in [6, 6.07) is 7.79. The molecule has 1 N–H and O–H groups in total. The fourth-order valence-electron chi connectivity index (χ4n) is 3.65. The third kappa shape index (κ3) is 3.67. The SMILES string of the molecule is Cc1c[n+]2c(c(-c3ccc(OC4CCCCC4)cc3)n1)NS(=O)(=O)CC2. The lowest BCUT2D eigenvalue weighted by molar-refractivity contribution is -0.679. The first-order valence-electron chi connectivity index (χ1n) is 9.19. The van der Waals surface area contributed by atoms with Gasteiger partial charge in [0.15, 0.2) is 5.69 Å². The number of ether oxygens (including phenoxy) is 1. The minimum Gasteiger partial charge on any atom is -0.490 e. The Morgan fingerprint density at radius 2 is 1.88 bits per heavy atom. The molecule has 0 atom stereocenters. The van der Waals surface area contributed by atoms with Crippen LogP contribution in [0.25, 0.3) is 11.3 Å². The average molecular weight is 374 g/mol. The van der Waals surface area contributed by atoms with E-state index in [4.69, 9.17) is 4.74 Å². The van der Waals surface area contributed by atoms with E-state index in [2.05, 4.69) is 9.71 Å². The van der Waals surface area contributed by atoms with Crippen molar-refractivity contribution in [3.05, 3.63) is 36.2 Å². The Kier molecular flexibility index (Phi) is 4.56. The zero-order valence-corrected chi connectivity index (χ0v) is 15.8. The van der Waals surface area contributed by atoms with Gasteiger partial charge < -0.3 is 4.74 Å². The largest absolute Gasteiger partial charge is 0.490 e. The molecule has 26 heavy (non-hydrogen) atoms. The molecule has 0 unspecified atom stereocenters. The maximum absolute atomic E-state index is 12.0. The molecule has 0 saturated heterocycles. The van der Waals surface area contributed by atoms with Crippen LogP contribution in [0.3, 0.4) is 0 Å². The summed E-state index contributed by atoms with van der Waals surface area (Å²) in [5.41, 5.74) is 2.38. The van der Waals surface area contributed by atoms with E-state index >= 15 is 0 Å². The molecule has 2 heterocycles. The number of rotatable bonds is 3. The highest BCUT2D eigenvalue weighted by Crippen LogP contribution is 2.29. The van der Waals surface area contributed by atoms with Crippen molar-refractivity contribution in [2.24, 2.45) is 0 Å². The first-order chi connectivity index (χ1) is 12.5. The lowest BCUT2D eigenvalue weighted by atomic mass is 9.98. The third-order valence-corrected chi connectivity index (χ3v) is 6.20. The van der Waals surface area contributed by atoms with Crippen LogP contribution in [0.5, 0.6) is 5.75 Å². The standard InChI is InChI=1S/C19H23N3O3S/c1-14-13-22-11-12-26(23,24)21-19(22)18(20-14)15-7-9-17(10-8-15)25-16-5-3-2-4-6-16/h7-10,13,16H,2-6,11-12H2,1H3/p+1. The normalized spacial score (nSPS) is 19.4. The Morgan fingerprint density at radius 1 is 1.15 bits per heavy atom. The van der Waals surface area contributed by atoms with Gasteiger partial charge in [0, 0.05) is 5.56 Å². The molecule has 4 rings (SSSR count). The zero-order valence-electron chi connectivity index (χ0n) is 14.9. The van der Waals surface area contributed by atoms with Crippen molar-refractivity contribution in [3.63, 3.8) is 0 Å². The number of fused-ring (bicyclic) bond motifs is 1. The second-order valence-electron chi connectivity index (χ2n) is 7.10. The molecule has 1 fully saturated rings. The highest BCUT2D eigenvalue weighted by atomic mass is 32.2. The molecular formula is C19H24N3O3S+. The summed E-state index contributed by atoms with van der Waals surface area (Å²) in [6.07, 6.45) is 8.19. The predicted molar refractivity (Wildman–Crippen MR) is 99.5 cm³/mol. The molecule has 1 aromatic carbocycles. The summed E-state index contributed by atoms with van der Waals surface area (Å²) >= 11 is 0. The van der Waals surface area contributed by atoms with Crippen LogP contribution in [0.15, 0.2) is 30.5 Å². The summed E-state index contributed by atoms with van der Waals surface area (Å²) < 4.78 is 34.6. The number of nitrogens with zero attached hydrogens (tertiary/aromatic N) is 2. The lowest BCUT2D eigenvalue weighted by Gasteiger charge is -2.23. The van der Waals surface area contributed by atoms with Gasteiger partial charge in [-0.05, 0) is 56.9 Å². The molecule has 0 radical (unpaired) electrons. The van der Waals surface area contributed by atoms with Crippen LogP contribution in [0.4, 0.5) is 5.82 Å². The predicted octanol–water partition coefficient (Wildman–Crippen LogP) is 2.81. The molecule has 2 aliphatic rings. The summed E-state index contributed by atoms with van der Waals surface area (Å²) in [6.45, 7) is 2.35. The topological polar surface area (TPSA) is 72.2 Å². The van der Waals surface area contributed by atoms with E-state index in [0.717, 1.165) is 29.8 Å². The minimum atomic E-state index is -3.30. The number of benzene rings is 1. The van der Waals surface area contributed by atoms with E-state index in [9.17, 15) is 8.42 Å². The lowest BCUT2D eigenvalue weighted by Crippen LogP contribution is -2.47. The molecule has 0 amide bonds. The fraction of sp³-hybridized carbons (Fsp3) is 0.474. The van der Waals surface area contributed by atoms with Crippen LogP contribution >= 0.6 is 0 Å². The van der Waals surface area contributed by atoms with Crippen LogP contribution in [0.1, 0.15) is 37.8 Å². The first-order valence-corrected chi connectivity index (χ1v) is 10.8. The molecule has 138 valence electrons. The molecule has 1 aromatic heterocycles. The van der Waals surface area contributed by atoms with Gasteiger partial charge in [0.1, 0.15) is 24.2 Å². The Morgan fingerprint density at radius 3 is 2.62 bits per heavy atom. The van der Waals surface area contributed by atoms with Gasteiger partial charge in [0.05, 0.1) is 11.8 Å². The van der Waals surface area contributed by atoms with Crippen LogP contribution in [0, 0.1) is 6.92 Å². The van der Waals surface area contributed by atoms with Gasteiger partial charge in [0.2, 0.25) is 0 Å². The van der Waals surface area contributed by atoms with Gasteiger partial charge in [-0.1, -0.05) is 6.42 Å². The number of nitrogens with one attached hydrogen (secondary N) is 1. The highest BCUT2D eigenvalue weighted by molar-refractivity contribution is 7.92. The average Bonchev–Trinajstić information content (AvgIpc) is 2.63. The van der Waals surface area contributed by atoms with Crippen LogP contribution in [0.2, 0.25) is 0 Å². The van der Waals surface area contributed by atoms with Crippen molar-refractivity contribution in [3.8, 4) is 17.0 Å². The smallest absolute Gasteiger partial charge is 0.316 e. The first kappa shape index (κ1) is 17.3. The van der Waals surface area contributed by atoms with E-state index in [1.165, 1.54) is 19.3 Å². The summed E-state index contributed by atoms with van der Waals surface area (Å²) in [4.78, 5) is 4.58. The number of sulfonamides is 1. The summed E-state index contributed by atoms with van der Waals surface area (Å²) in [7, 11) is -3.30. The van der Waals surface area contributed by atoms with Crippen molar-refractivity contribution >= 4 is 15.8 Å². The van der Waals surface area contributed by atoms with Crippen LogP contribution in [-0.4, -0.2) is 25.3 Å². The number of hydrogen-bond acceptors (Lipinski definition) is 4. The van der Waals surface area contributed by atoms with Gasteiger partial charge in [-0.15, -0.1) is 0 Å². The Hall–Kier alpha value is -2.15. The van der Waals surface area contributed by atoms with Gasteiger partial charge in [-0.3, -0.25) is 0 Å². The molecule has 1 aliphatic carbocycles. The number of hydrogen-bond donors (Lipinski definition) is 1. The summed E-state index contributed by atoms with van der Waals surface area (Å²) in [5.74, 6) is 1.47. The van der Waals surface area contributed by atoms with Gasteiger partial charge >= 0.3 is 15.8 Å². The second kappa shape index (κ2) is 6.87.